The molecule has 1 nitrogen and oxygen atoms in total. The zero-order chi connectivity index (χ0) is 11.4. The van der Waals surface area contributed by atoms with Crippen molar-refractivity contribution in [1.29, 1.82) is 0 Å². The van der Waals surface area contributed by atoms with E-state index in [9.17, 15) is 0 Å². The molecule has 0 aliphatic heterocycles. The van der Waals surface area contributed by atoms with Crippen LogP contribution in [0.2, 0.25) is 0 Å². The number of unbranched alkanes of at least 4 members (excludes halogenated alkanes) is 1. The summed E-state index contributed by atoms with van der Waals surface area (Å²) in [5.74, 6) is 0. The van der Waals surface area contributed by atoms with Crippen LogP contribution in [-0.2, 0) is 6.42 Å². The van der Waals surface area contributed by atoms with Crippen LogP contribution in [0.15, 0.2) is 36.4 Å². The summed E-state index contributed by atoms with van der Waals surface area (Å²) in [6.45, 7) is 2.24. The first kappa shape index (κ1) is 11.0. The predicted octanol–water partition coefficient (Wildman–Crippen LogP) is 4.22. The van der Waals surface area contributed by atoms with Crippen LogP contribution in [-0.4, -0.2) is 7.05 Å². The minimum atomic E-state index is 1.18. The van der Waals surface area contributed by atoms with E-state index in [4.69, 9.17) is 0 Å². The van der Waals surface area contributed by atoms with Gasteiger partial charge in [0.2, 0.25) is 0 Å². The lowest BCUT2D eigenvalue weighted by atomic mass is 9.99. The first-order chi connectivity index (χ1) is 7.86. The summed E-state index contributed by atoms with van der Waals surface area (Å²) in [6.07, 6.45) is 3.70. The van der Waals surface area contributed by atoms with Gasteiger partial charge in [-0.15, -0.1) is 0 Å². The lowest BCUT2D eigenvalue weighted by molar-refractivity contribution is 0.799. The molecule has 2 rings (SSSR count). The molecule has 2 aromatic carbocycles. The molecule has 2 aromatic rings. The van der Waals surface area contributed by atoms with Crippen LogP contribution in [0, 0.1) is 0 Å². The van der Waals surface area contributed by atoms with E-state index in [0.29, 0.717) is 0 Å². The number of hydrogen-bond donors (Lipinski definition) is 1. The monoisotopic (exact) mass is 213 g/mol. The quantitative estimate of drug-likeness (QED) is 0.801. The zero-order valence-corrected chi connectivity index (χ0v) is 10.1. The van der Waals surface area contributed by atoms with Gasteiger partial charge in [-0.3, -0.25) is 0 Å². The van der Waals surface area contributed by atoms with Crippen molar-refractivity contribution in [3.63, 3.8) is 0 Å². The standard InChI is InChI=1S/C15H19N/c1-3-4-7-12-8-5-10-14-13(12)9-6-11-15(14)16-2/h5-6,8-11,16H,3-4,7H2,1-2H3. The minimum Gasteiger partial charge on any atom is -0.388 e. The first-order valence-corrected chi connectivity index (χ1v) is 6.05. The molecule has 0 aliphatic rings. The SMILES string of the molecule is CCCCc1cccc2c(NC)cccc12. The molecule has 0 unspecified atom stereocenters. The average Bonchev–Trinajstić information content (AvgIpc) is 2.35. The maximum Gasteiger partial charge on any atom is 0.0417 e. The van der Waals surface area contributed by atoms with Crippen LogP contribution in [0.3, 0.4) is 0 Å². The van der Waals surface area contributed by atoms with Crippen molar-refractivity contribution in [3.05, 3.63) is 42.0 Å². The molecule has 0 saturated carbocycles. The second-order valence-corrected chi connectivity index (χ2v) is 4.17. The van der Waals surface area contributed by atoms with Gasteiger partial charge in [-0.1, -0.05) is 43.7 Å². The molecule has 0 radical (unpaired) electrons. The molecule has 0 fully saturated rings. The van der Waals surface area contributed by atoms with Crippen molar-refractivity contribution < 1.29 is 0 Å². The van der Waals surface area contributed by atoms with Gasteiger partial charge in [-0.25, -0.2) is 0 Å². The highest BCUT2D eigenvalue weighted by molar-refractivity contribution is 5.95. The van der Waals surface area contributed by atoms with Gasteiger partial charge < -0.3 is 5.32 Å². The van der Waals surface area contributed by atoms with Gasteiger partial charge in [0.25, 0.3) is 0 Å². The lowest BCUT2D eigenvalue weighted by Crippen LogP contribution is -1.92. The van der Waals surface area contributed by atoms with Crippen LogP contribution in [0.25, 0.3) is 10.8 Å². The second-order valence-electron chi connectivity index (χ2n) is 4.17. The maximum absolute atomic E-state index is 3.25. The van der Waals surface area contributed by atoms with Crippen molar-refractivity contribution >= 4 is 16.5 Å². The van der Waals surface area contributed by atoms with E-state index >= 15 is 0 Å². The highest BCUT2D eigenvalue weighted by Gasteiger charge is 2.03. The molecule has 0 bridgehead atoms. The van der Waals surface area contributed by atoms with E-state index in [1.54, 1.807) is 0 Å². The Balaban J connectivity index is 2.51. The maximum atomic E-state index is 3.25. The third kappa shape index (κ3) is 2.04. The molecule has 16 heavy (non-hydrogen) atoms. The molecule has 1 heteroatoms. The fourth-order valence-electron chi connectivity index (χ4n) is 2.18. The third-order valence-corrected chi connectivity index (χ3v) is 3.08. The van der Waals surface area contributed by atoms with E-state index in [-0.39, 0.29) is 0 Å². The Hall–Kier alpha value is -1.50. The Morgan fingerprint density at radius 2 is 1.75 bits per heavy atom. The molecular weight excluding hydrogens is 194 g/mol. The van der Waals surface area contributed by atoms with Crippen molar-refractivity contribution in [1.82, 2.24) is 0 Å². The van der Waals surface area contributed by atoms with Gasteiger partial charge >= 0.3 is 0 Å². The average molecular weight is 213 g/mol. The van der Waals surface area contributed by atoms with Gasteiger partial charge in [0.15, 0.2) is 0 Å². The lowest BCUT2D eigenvalue weighted by Gasteiger charge is -2.09. The molecule has 1 N–H and O–H groups in total. The number of nitrogens with one attached hydrogen (secondary N) is 1. The predicted molar refractivity (Wildman–Crippen MR) is 72.1 cm³/mol. The summed E-state index contributed by atoms with van der Waals surface area (Å²) in [5.41, 5.74) is 2.69. The highest BCUT2D eigenvalue weighted by Crippen LogP contribution is 2.26. The van der Waals surface area contributed by atoms with Crippen molar-refractivity contribution in [2.45, 2.75) is 26.2 Å². The summed E-state index contributed by atoms with van der Waals surface area (Å²) >= 11 is 0. The Morgan fingerprint density at radius 3 is 2.50 bits per heavy atom. The summed E-state index contributed by atoms with van der Waals surface area (Å²) < 4.78 is 0. The van der Waals surface area contributed by atoms with E-state index in [1.807, 2.05) is 7.05 Å². The Kier molecular flexibility index (Phi) is 3.45. The molecule has 0 aromatic heterocycles. The highest BCUT2D eigenvalue weighted by atomic mass is 14.8. The van der Waals surface area contributed by atoms with Gasteiger partial charge in [-0.05, 0) is 29.9 Å². The number of fused-ring (bicyclic) bond motifs is 1. The van der Waals surface area contributed by atoms with Crippen molar-refractivity contribution in [3.8, 4) is 0 Å². The smallest absolute Gasteiger partial charge is 0.0417 e. The molecule has 84 valence electrons. The van der Waals surface area contributed by atoms with Crippen molar-refractivity contribution in [2.24, 2.45) is 0 Å². The van der Waals surface area contributed by atoms with E-state index in [1.165, 1.54) is 41.3 Å². The number of aryl methyl sites for hydroxylation is 1. The van der Waals surface area contributed by atoms with Gasteiger partial charge in [0.05, 0.1) is 0 Å². The van der Waals surface area contributed by atoms with Crippen LogP contribution < -0.4 is 5.32 Å². The molecule has 0 atom stereocenters. The molecule has 0 heterocycles. The zero-order valence-electron chi connectivity index (χ0n) is 10.1. The summed E-state index contributed by atoms with van der Waals surface area (Å²) in [5, 5.41) is 5.98. The molecule has 0 spiro atoms. The number of benzene rings is 2. The second kappa shape index (κ2) is 5.02. The number of rotatable bonds is 4. The van der Waals surface area contributed by atoms with Crippen molar-refractivity contribution in [2.75, 3.05) is 12.4 Å². The van der Waals surface area contributed by atoms with E-state index in [0.717, 1.165) is 0 Å². The molecule has 0 saturated heterocycles. The molecular formula is C15H19N. The van der Waals surface area contributed by atoms with Crippen LogP contribution >= 0.6 is 0 Å². The number of hydrogen-bond acceptors (Lipinski definition) is 1. The summed E-state index contributed by atoms with van der Waals surface area (Å²) in [4.78, 5) is 0. The van der Waals surface area contributed by atoms with Crippen LogP contribution in [0.5, 0.6) is 0 Å². The largest absolute Gasteiger partial charge is 0.388 e. The minimum absolute atomic E-state index is 1.18. The topological polar surface area (TPSA) is 12.0 Å². The molecule has 0 amide bonds. The normalized spacial score (nSPS) is 10.6. The number of anilines is 1. The third-order valence-electron chi connectivity index (χ3n) is 3.08. The van der Waals surface area contributed by atoms with E-state index < -0.39 is 0 Å². The van der Waals surface area contributed by atoms with Crippen LogP contribution in [0.1, 0.15) is 25.3 Å². The summed E-state index contributed by atoms with van der Waals surface area (Å²) in [7, 11) is 1.98. The van der Waals surface area contributed by atoms with Gasteiger partial charge in [0, 0.05) is 18.1 Å². The van der Waals surface area contributed by atoms with Crippen LogP contribution in [0.4, 0.5) is 5.69 Å². The summed E-state index contributed by atoms with van der Waals surface area (Å²) in [6, 6.07) is 13.1. The Bertz CT molecular complexity index is 474. The van der Waals surface area contributed by atoms with E-state index in [2.05, 4.69) is 48.6 Å². The fraction of sp³-hybridized carbons (Fsp3) is 0.333. The first-order valence-electron chi connectivity index (χ1n) is 6.05. The van der Waals surface area contributed by atoms with Gasteiger partial charge in [0.1, 0.15) is 0 Å². The Labute approximate surface area is 97.5 Å². The van der Waals surface area contributed by atoms with Gasteiger partial charge in [-0.2, -0.15) is 0 Å². The fourth-order valence-corrected chi connectivity index (χ4v) is 2.18. The molecule has 0 aliphatic carbocycles. The Morgan fingerprint density at radius 1 is 1.00 bits per heavy atom.